The zero-order valence-electron chi connectivity index (χ0n) is 9.22. The van der Waals surface area contributed by atoms with E-state index in [0.717, 1.165) is 12.1 Å². The van der Waals surface area contributed by atoms with Crippen molar-refractivity contribution < 1.29 is 18.0 Å². The summed E-state index contributed by atoms with van der Waals surface area (Å²) in [4.78, 5) is 11.6. The summed E-state index contributed by atoms with van der Waals surface area (Å²) in [5.74, 6) is -5.12. The van der Waals surface area contributed by atoms with Crippen molar-refractivity contribution in [3.8, 4) is 0 Å². The normalized spacial score (nSPS) is 10.4. The van der Waals surface area contributed by atoms with Crippen LogP contribution in [0.4, 0.5) is 18.9 Å². The van der Waals surface area contributed by atoms with Crippen LogP contribution >= 0.6 is 0 Å². The number of H-pyrrole nitrogens is 1. The third kappa shape index (κ3) is 2.20. The van der Waals surface area contributed by atoms with Gasteiger partial charge in [-0.2, -0.15) is 5.10 Å². The van der Waals surface area contributed by atoms with Gasteiger partial charge in [0.2, 0.25) is 0 Å². The Morgan fingerprint density at radius 2 is 2.00 bits per heavy atom. The smallest absolute Gasteiger partial charge is 0.276 e. The van der Waals surface area contributed by atoms with E-state index < -0.39 is 29.0 Å². The van der Waals surface area contributed by atoms with E-state index in [1.807, 2.05) is 0 Å². The lowest BCUT2D eigenvalue weighted by molar-refractivity contribution is 0.102. The van der Waals surface area contributed by atoms with E-state index in [1.165, 1.54) is 6.07 Å². The second-order valence-corrected chi connectivity index (χ2v) is 3.61. The number of aromatic amines is 1. The number of aromatic nitrogens is 2. The van der Waals surface area contributed by atoms with Gasteiger partial charge in [-0.25, -0.2) is 13.2 Å². The lowest BCUT2D eigenvalue weighted by Gasteiger charge is -2.05. The monoisotopic (exact) mass is 255 g/mol. The van der Waals surface area contributed by atoms with Crippen LogP contribution in [0, 0.1) is 24.4 Å². The van der Waals surface area contributed by atoms with Crippen molar-refractivity contribution >= 4 is 11.6 Å². The molecular formula is C11H8F3N3O. The lowest BCUT2D eigenvalue weighted by atomic mass is 10.2. The molecule has 1 amide bonds. The fourth-order valence-corrected chi connectivity index (χ4v) is 1.34. The predicted octanol–water partition coefficient (Wildman–Crippen LogP) is 2.39. The van der Waals surface area contributed by atoms with Crippen LogP contribution in [0.5, 0.6) is 0 Å². The second kappa shape index (κ2) is 4.52. The molecule has 0 radical (unpaired) electrons. The molecule has 0 unspecified atom stereocenters. The summed E-state index contributed by atoms with van der Waals surface area (Å²) >= 11 is 0. The lowest BCUT2D eigenvalue weighted by Crippen LogP contribution is -2.14. The molecule has 0 aliphatic heterocycles. The van der Waals surface area contributed by atoms with Gasteiger partial charge in [0, 0.05) is 5.69 Å². The number of hydrogen-bond acceptors (Lipinski definition) is 2. The minimum Gasteiger partial charge on any atom is -0.318 e. The number of nitrogens with one attached hydrogen (secondary N) is 2. The van der Waals surface area contributed by atoms with Gasteiger partial charge in [0.15, 0.2) is 23.1 Å². The molecule has 4 nitrogen and oxygen atoms in total. The summed E-state index contributed by atoms with van der Waals surface area (Å²) in [5.41, 5.74) is 0.224. The Balaban J connectivity index is 2.25. The van der Waals surface area contributed by atoms with Gasteiger partial charge in [0.1, 0.15) is 0 Å². The zero-order valence-corrected chi connectivity index (χ0v) is 9.22. The maximum atomic E-state index is 13.3. The van der Waals surface area contributed by atoms with Gasteiger partial charge in [-0.1, -0.05) is 0 Å². The van der Waals surface area contributed by atoms with E-state index in [4.69, 9.17) is 0 Å². The highest BCUT2D eigenvalue weighted by Gasteiger charge is 2.17. The molecule has 0 bridgehead atoms. The molecule has 2 rings (SSSR count). The Kier molecular flexibility index (Phi) is 3.05. The number of benzene rings is 1. The molecule has 7 heteroatoms. The summed E-state index contributed by atoms with van der Waals surface area (Å²) < 4.78 is 38.9. The first-order chi connectivity index (χ1) is 8.49. The molecule has 0 atom stereocenters. The largest absolute Gasteiger partial charge is 0.318 e. The van der Waals surface area contributed by atoms with Gasteiger partial charge in [0.05, 0.1) is 5.69 Å². The Morgan fingerprint density at radius 1 is 1.28 bits per heavy atom. The minimum absolute atomic E-state index is 0.0247. The van der Waals surface area contributed by atoms with Crippen molar-refractivity contribution in [2.45, 2.75) is 6.92 Å². The van der Waals surface area contributed by atoms with Crippen molar-refractivity contribution in [3.05, 3.63) is 47.0 Å². The molecular weight excluding hydrogens is 247 g/mol. The second-order valence-electron chi connectivity index (χ2n) is 3.61. The molecule has 0 fully saturated rings. The van der Waals surface area contributed by atoms with Crippen LogP contribution in [-0.2, 0) is 0 Å². The first kappa shape index (κ1) is 12.2. The third-order valence-electron chi connectivity index (χ3n) is 2.22. The highest BCUT2D eigenvalue weighted by molar-refractivity contribution is 6.02. The van der Waals surface area contributed by atoms with Crippen LogP contribution < -0.4 is 5.32 Å². The van der Waals surface area contributed by atoms with Gasteiger partial charge in [0.25, 0.3) is 5.91 Å². The maximum absolute atomic E-state index is 13.3. The number of hydrogen-bond donors (Lipinski definition) is 2. The molecule has 0 aliphatic carbocycles. The highest BCUT2D eigenvalue weighted by Crippen LogP contribution is 2.20. The highest BCUT2D eigenvalue weighted by atomic mass is 19.2. The average molecular weight is 255 g/mol. The number of amides is 1. The van der Waals surface area contributed by atoms with Crippen LogP contribution in [0.1, 0.15) is 16.2 Å². The van der Waals surface area contributed by atoms with E-state index >= 15 is 0 Å². The van der Waals surface area contributed by atoms with Crippen molar-refractivity contribution in [2.24, 2.45) is 0 Å². The van der Waals surface area contributed by atoms with Crippen LogP contribution in [0.3, 0.4) is 0 Å². The number of carbonyl (C=O) groups excluding carboxylic acids is 1. The molecule has 0 saturated heterocycles. The SMILES string of the molecule is Cc1cc(C(=O)Nc2ccc(F)c(F)c2F)n[nH]1. The van der Waals surface area contributed by atoms with Crippen molar-refractivity contribution in [1.82, 2.24) is 10.2 Å². The Morgan fingerprint density at radius 3 is 2.61 bits per heavy atom. The number of carbonyl (C=O) groups is 1. The predicted molar refractivity (Wildman–Crippen MR) is 57.6 cm³/mol. The maximum Gasteiger partial charge on any atom is 0.276 e. The number of nitrogens with zero attached hydrogens (tertiary/aromatic N) is 1. The van der Waals surface area contributed by atoms with Crippen molar-refractivity contribution in [2.75, 3.05) is 5.32 Å². The molecule has 1 aromatic carbocycles. The molecule has 2 N–H and O–H groups in total. The van der Waals surface area contributed by atoms with E-state index in [9.17, 15) is 18.0 Å². The number of rotatable bonds is 2. The summed E-state index contributed by atoms with van der Waals surface area (Å²) in [6, 6.07) is 3.10. The summed E-state index contributed by atoms with van der Waals surface area (Å²) in [5, 5.41) is 8.29. The average Bonchev–Trinajstić information content (AvgIpc) is 2.77. The first-order valence-electron chi connectivity index (χ1n) is 4.96. The van der Waals surface area contributed by atoms with Gasteiger partial charge >= 0.3 is 0 Å². The number of anilines is 1. The molecule has 1 aromatic heterocycles. The number of aryl methyl sites for hydroxylation is 1. The van der Waals surface area contributed by atoms with Gasteiger partial charge < -0.3 is 5.32 Å². The quantitative estimate of drug-likeness (QED) is 0.809. The van der Waals surface area contributed by atoms with Gasteiger partial charge in [-0.15, -0.1) is 0 Å². The van der Waals surface area contributed by atoms with E-state index in [-0.39, 0.29) is 5.69 Å². The molecule has 1 heterocycles. The molecule has 0 spiro atoms. The van der Waals surface area contributed by atoms with Crippen LogP contribution in [0.2, 0.25) is 0 Å². The molecule has 18 heavy (non-hydrogen) atoms. The summed E-state index contributed by atoms with van der Waals surface area (Å²) in [7, 11) is 0. The Bertz CT molecular complexity index is 610. The minimum atomic E-state index is -1.63. The van der Waals surface area contributed by atoms with E-state index in [1.54, 1.807) is 6.92 Å². The summed E-state index contributed by atoms with van der Waals surface area (Å²) in [6.45, 7) is 1.68. The number of halogens is 3. The van der Waals surface area contributed by atoms with E-state index in [2.05, 4.69) is 15.5 Å². The topological polar surface area (TPSA) is 57.8 Å². The summed E-state index contributed by atoms with van der Waals surface area (Å²) in [6.07, 6.45) is 0. The van der Waals surface area contributed by atoms with Crippen LogP contribution in [0.15, 0.2) is 18.2 Å². The molecule has 2 aromatic rings. The van der Waals surface area contributed by atoms with Crippen molar-refractivity contribution in [1.29, 1.82) is 0 Å². The Labute approximate surface area is 99.8 Å². The molecule has 0 saturated carbocycles. The zero-order chi connectivity index (χ0) is 13.3. The molecule has 0 aliphatic rings. The Hall–Kier alpha value is -2.31. The van der Waals surface area contributed by atoms with Crippen LogP contribution in [0.25, 0.3) is 0 Å². The fourth-order valence-electron chi connectivity index (χ4n) is 1.34. The standard InChI is InChI=1S/C11H8F3N3O/c1-5-4-8(17-16-5)11(18)15-7-3-2-6(12)9(13)10(7)14/h2-4H,1H3,(H,15,18)(H,16,17). The molecule has 94 valence electrons. The van der Waals surface area contributed by atoms with Crippen molar-refractivity contribution in [3.63, 3.8) is 0 Å². The third-order valence-corrected chi connectivity index (χ3v) is 2.22. The fraction of sp³-hybridized carbons (Fsp3) is 0.0909. The van der Waals surface area contributed by atoms with E-state index in [0.29, 0.717) is 5.69 Å². The van der Waals surface area contributed by atoms with Gasteiger partial charge in [-0.05, 0) is 25.1 Å². The first-order valence-corrected chi connectivity index (χ1v) is 4.96. The van der Waals surface area contributed by atoms with Gasteiger partial charge in [-0.3, -0.25) is 9.89 Å². The van der Waals surface area contributed by atoms with Crippen LogP contribution in [-0.4, -0.2) is 16.1 Å².